The van der Waals surface area contributed by atoms with Crippen LogP contribution in [0.25, 0.3) is 0 Å². The Hall–Kier alpha value is -0.980. The molecule has 0 radical (unpaired) electrons. The van der Waals surface area contributed by atoms with E-state index >= 15 is 0 Å². The van der Waals surface area contributed by atoms with Crippen LogP contribution >= 0.6 is 12.2 Å². The molecule has 0 bridgehead atoms. The largest absolute Gasteiger partial charge is 0.233 e. The van der Waals surface area contributed by atoms with Gasteiger partial charge in [0.25, 0.3) is 0 Å². The summed E-state index contributed by atoms with van der Waals surface area (Å²) >= 11 is 4.23. The Bertz CT molecular complexity index is 250. The van der Waals surface area contributed by atoms with Gasteiger partial charge in [0, 0.05) is 6.54 Å². The second-order valence-corrected chi connectivity index (χ2v) is 2.59. The first-order valence-electron chi connectivity index (χ1n) is 4.42. The van der Waals surface area contributed by atoms with Gasteiger partial charge in [0.05, 0.1) is 5.16 Å². The smallest absolute Gasteiger partial charge is 0.0584 e. The minimum Gasteiger partial charge on any atom is -0.233 e. The van der Waals surface area contributed by atoms with Crippen molar-refractivity contribution in [2.75, 3.05) is 6.54 Å². The van der Waals surface area contributed by atoms with Gasteiger partial charge in [-0.3, -0.25) is 0 Å². The van der Waals surface area contributed by atoms with Gasteiger partial charge in [-0.2, -0.15) is 0 Å². The third-order valence-corrected chi connectivity index (χ3v) is 1.60. The molecule has 0 aliphatic heterocycles. The highest BCUT2D eigenvalue weighted by Gasteiger charge is 1.79. The molecule has 2 heteroatoms. The van der Waals surface area contributed by atoms with Crippen molar-refractivity contribution in [3.05, 3.63) is 35.9 Å². The quantitative estimate of drug-likeness (QED) is 0.518. The molecule has 1 nitrogen and oxygen atoms in total. The van der Waals surface area contributed by atoms with E-state index in [-0.39, 0.29) is 0 Å². The number of hydrogen-bond donors (Lipinski definition) is 0. The molecule has 0 fully saturated rings. The molecule has 1 aromatic carbocycles. The fraction of sp³-hybridized carbons (Fsp3) is 0.364. The summed E-state index contributed by atoms with van der Waals surface area (Å²) in [6, 6.07) is 10.5. The van der Waals surface area contributed by atoms with Gasteiger partial charge < -0.3 is 0 Å². The van der Waals surface area contributed by atoms with Gasteiger partial charge in [-0.05, 0) is 31.1 Å². The lowest BCUT2D eigenvalue weighted by Crippen LogP contribution is -1.73. The van der Waals surface area contributed by atoms with Crippen LogP contribution in [0.15, 0.2) is 35.3 Å². The van der Waals surface area contributed by atoms with Crippen LogP contribution in [0.4, 0.5) is 0 Å². The predicted molar refractivity (Wildman–Crippen MR) is 61.4 cm³/mol. The zero-order chi connectivity index (χ0) is 9.94. The molecule has 0 atom stereocenters. The van der Waals surface area contributed by atoms with E-state index in [9.17, 15) is 0 Å². The predicted octanol–water partition coefficient (Wildman–Crippen LogP) is 3.36. The van der Waals surface area contributed by atoms with Crippen molar-refractivity contribution in [2.45, 2.75) is 20.3 Å². The summed E-state index contributed by atoms with van der Waals surface area (Å²) in [5, 5.41) is 2.23. The molecule has 13 heavy (non-hydrogen) atoms. The van der Waals surface area contributed by atoms with Crippen molar-refractivity contribution >= 4 is 17.4 Å². The summed E-state index contributed by atoms with van der Waals surface area (Å²) in [6.07, 6.45) is 1.14. The van der Waals surface area contributed by atoms with Gasteiger partial charge in [-0.15, -0.1) is 0 Å². The van der Waals surface area contributed by atoms with Crippen LogP contribution in [-0.4, -0.2) is 11.7 Å². The van der Waals surface area contributed by atoms with Crippen LogP contribution in [0.2, 0.25) is 0 Å². The number of benzene rings is 1. The Morgan fingerprint density at radius 3 is 2.08 bits per heavy atom. The SMILES string of the molecule is CCN=C=S.CCc1ccccc1. The summed E-state index contributed by atoms with van der Waals surface area (Å²) < 4.78 is 0. The van der Waals surface area contributed by atoms with Crippen molar-refractivity contribution in [3.63, 3.8) is 0 Å². The van der Waals surface area contributed by atoms with Crippen LogP contribution in [0.3, 0.4) is 0 Å². The van der Waals surface area contributed by atoms with Crippen molar-refractivity contribution in [3.8, 4) is 0 Å². The van der Waals surface area contributed by atoms with Gasteiger partial charge in [-0.1, -0.05) is 37.3 Å². The fourth-order valence-corrected chi connectivity index (χ4v) is 0.907. The molecule has 0 aliphatic rings. The minimum atomic E-state index is 0.753. The number of hydrogen-bond acceptors (Lipinski definition) is 2. The van der Waals surface area contributed by atoms with E-state index < -0.39 is 0 Å². The molecule has 0 aromatic heterocycles. The molecule has 70 valence electrons. The van der Waals surface area contributed by atoms with Crippen molar-refractivity contribution in [2.24, 2.45) is 4.99 Å². The van der Waals surface area contributed by atoms with Crippen LogP contribution in [0, 0.1) is 0 Å². The summed E-state index contributed by atoms with van der Waals surface area (Å²) in [5.74, 6) is 0. The highest BCUT2D eigenvalue weighted by atomic mass is 32.1. The normalized spacial score (nSPS) is 7.85. The van der Waals surface area contributed by atoms with E-state index in [1.807, 2.05) is 13.0 Å². The van der Waals surface area contributed by atoms with Gasteiger partial charge >= 0.3 is 0 Å². The molecule has 0 aliphatic carbocycles. The van der Waals surface area contributed by atoms with Crippen LogP contribution in [0.5, 0.6) is 0 Å². The summed E-state index contributed by atoms with van der Waals surface area (Å²) in [4.78, 5) is 3.54. The van der Waals surface area contributed by atoms with E-state index in [0.717, 1.165) is 13.0 Å². The number of nitrogens with zero attached hydrogens (tertiary/aromatic N) is 1. The van der Waals surface area contributed by atoms with Gasteiger partial charge in [0.1, 0.15) is 0 Å². The maximum Gasteiger partial charge on any atom is 0.0584 e. The molecule has 0 heterocycles. The van der Waals surface area contributed by atoms with E-state index in [1.54, 1.807) is 0 Å². The van der Waals surface area contributed by atoms with Crippen molar-refractivity contribution in [1.82, 2.24) is 0 Å². The van der Waals surface area contributed by atoms with Crippen molar-refractivity contribution in [1.29, 1.82) is 0 Å². The number of rotatable bonds is 2. The Labute approximate surface area is 85.5 Å². The molecule has 1 aromatic rings. The maximum atomic E-state index is 4.23. The summed E-state index contributed by atoms with van der Waals surface area (Å²) in [6.45, 7) is 4.83. The summed E-state index contributed by atoms with van der Waals surface area (Å²) in [5.41, 5.74) is 1.41. The standard InChI is InChI=1S/C8H10.C3H5NS/c1-2-8-6-4-3-5-7-8;1-2-4-3-5/h3-7H,2H2,1H3;2H2,1H3. The van der Waals surface area contributed by atoms with Gasteiger partial charge in [0.15, 0.2) is 0 Å². The molecular formula is C11H15NS. The fourth-order valence-electron chi connectivity index (χ4n) is 0.778. The lowest BCUT2D eigenvalue weighted by molar-refractivity contribution is 1.14. The molecule has 0 saturated carbocycles. The van der Waals surface area contributed by atoms with Crippen LogP contribution in [0.1, 0.15) is 19.4 Å². The average molecular weight is 193 g/mol. The average Bonchev–Trinajstić information content (AvgIpc) is 2.21. The second-order valence-electron chi connectivity index (χ2n) is 2.40. The summed E-state index contributed by atoms with van der Waals surface area (Å²) in [7, 11) is 0. The van der Waals surface area contributed by atoms with E-state index in [2.05, 4.69) is 53.6 Å². The molecule has 0 spiro atoms. The molecule has 0 amide bonds. The zero-order valence-corrected chi connectivity index (χ0v) is 8.97. The third kappa shape index (κ3) is 7.38. The lowest BCUT2D eigenvalue weighted by atomic mass is 10.2. The number of isothiocyanates is 1. The first kappa shape index (κ1) is 12.0. The van der Waals surface area contributed by atoms with Crippen LogP contribution < -0.4 is 0 Å². The number of thiocarbonyl (C=S) groups is 1. The van der Waals surface area contributed by atoms with Crippen LogP contribution in [-0.2, 0) is 6.42 Å². The lowest BCUT2D eigenvalue weighted by Gasteiger charge is -1.89. The Kier molecular flexibility index (Phi) is 8.42. The maximum absolute atomic E-state index is 4.23. The second kappa shape index (κ2) is 9.11. The minimum absolute atomic E-state index is 0.753. The number of aliphatic imine (C=N–C) groups is 1. The van der Waals surface area contributed by atoms with Gasteiger partial charge in [0.2, 0.25) is 0 Å². The Balaban J connectivity index is 0.000000252. The first-order valence-corrected chi connectivity index (χ1v) is 4.83. The third-order valence-electron chi connectivity index (χ3n) is 1.47. The van der Waals surface area contributed by atoms with Gasteiger partial charge in [-0.25, -0.2) is 4.99 Å². The van der Waals surface area contributed by atoms with Crippen molar-refractivity contribution < 1.29 is 0 Å². The molecular weight excluding hydrogens is 178 g/mol. The zero-order valence-electron chi connectivity index (χ0n) is 8.16. The molecule has 0 N–H and O–H groups in total. The highest BCUT2D eigenvalue weighted by molar-refractivity contribution is 7.78. The molecule has 0 saturated heterocycles. The molecule has 1 rings (SSSR count). The van der Waals surface area contributed by atoms with E-state index in [0.29, 0.717) is 0 Å². The monoisotopic (exact) mass is 193 g/mol. The molecule has 0 unspecified atom stereocenters. The Morgan fingerprint density at radius 2 is 1.85 bits per heavy atom. The first-order chi connectivity index (χ1) is 6.35. The highest BCUT2D eigenvalue weighted by Crippen LogP contribution is 1.96. The topological polar surface area (TPSA) is 12.4 Å². The number of aryl methyl sites for hydroxylation is 1. The Morgan fingerprint density at radius 1 is 1.23 bits per heavy atom. The van der Waals surface area contributed by atoms with E-state index in [1.165, 1.54) is 5.56 Å². The van der Waals surface area contributed by atoms with E-state index in [4.69, 9.17) is 0 Å².